The maximum atomic E-state index is 13.3. The van der Waals surface area contributed by atoms with Gasteiger partial charge in [-0.3, -0.25) is 0 Å². The van der Waals surface area contributed by atoms with Crippen molar-refractivity contribution in [3.63, 3.8) is 0 Å². The SMILES string of the molecule is O=C(C#Cc1ccccc1)Oc1c(F)c(F)c(F)c(F)c1F.O=C(O)C#Cc1ccccc1.Oc1c(F)c(F)c(F)c(F)c1F. The number of carbonyl (C=O) groups is 2. The Morgan fingerprint density at radius 2 is 0.844 bits per heavy atom. The largest absolute Gasteiger partial charge is 0.503 e. The molecule has 232 valence electrons. The Labute approximate surface area is 245 Å². The summed E-state index contributed by atoms with van der Waals surface area (Å²) in [5.74, 6) is -19.7. The van der Waals surface area contributed by atoms with E-state index in [9.17, 15) is 53.5 Å². The Morgan fingerprint density at radius 1 is 0.511 bits per heavy atom. The predicted octanol–water partition coefficient (Wildman–Crippen LogP) is 6.55. The lowest BCUT2D eigenvalue weighted by atomic mass is 10.2. The van der Waals surface area contributed by atoms with Crippen LogP contribution in [0, 0.1) is 81.9 Å². The molecular weight excluding hydrogens is 630 g/mol. The molecule has 0 aromatic heterocycles. The first-order chi connectivity index (χ1) is 21.2. The Kier molecular flexibility index (Phi) is 12.6. The fourth-order valence-corrected chi connectivity index (χ4v) is 2.68. The van der Waals surface area contributed by atoms with E-state index >= 15 is 0 Å². The molecule has 4 aromatic rings. The number of phenolic OH excluding ortho intramolecular Hbond substituents is 1. The van der Waals surface area contributed by atoms with E-state index in [0.717, 1.165) is 5.56 Å². The second-order valence-electron chi connectivity index (χ2n) is 7.74. The maximum Gasteiger partial charge on any atom is 0.390 e. The van der Waals surface area contributed by atoms with Crippen LogP contribution < -0.4 is 4.74 Å². The molecule has 0 radical (unpaired) electrons. The van der Waals surface area contributed by atoms with Gasteiger partial charge in [0.15, 0.2) is 5.75 Å². The summed E-state index contributed by atoms with van der Waals surface area (Å²) < 4.78 is 130. The minimum absolute atomic E-state index is 0.400. The van der Waals surface area contributed by atoms with E-state index in [0.29, 0.717) is 5.56 Å². The van der Waals surface area contributed by atoms with Gasteiger partial charge in [0.1, 0.15) is 0 Å². The second kappa shape index (κ2) is 16.0. The van der Waals surface area contributed by atoms with Crippen LogP contribution in [0.15, 0.2) is 60.7 Å². The van der Waals surface area contributed by atoms with E-state index < -0.39 is 81.6 Å². The number of aliphatic carboxylic acids is 1. The van der Waals surface area contributed by atoms with Gasteiger partial charge < -0.3 is 14.9 Å². The molecule has 0 aliphatic carbocycles. The second-order valence-corrected chi connectivity index (χ2v) is 7.74. The summed E-state index contributed by atoms with van der Waals surface area (Å²) in [7, 11) is 0. The maximum absolute atomic E-state index is 13.3. The summed E-state index contributed by atoms with van der Waals surface area (Å²) >= 11 is 0. The molecule has 0 atom stereocenters. The molecule has 4 aromatic carbocycles. The number of carboxylic acids is 1. The van der Waals surface area contributed by atoms with Crippen LogP contribution in [0.2, 0.25) is 0 Å². The number of benzene rings is 4. The Bertz CT molecular complexity index is 1710. The van der Waals surface area contributed by atoms with Gasteiger partial charge in [-0.2, -0.15) is 17.6 Å². The third kappa shape index (κ3) is 9.52. The van der Waals surface area contributed by atoms with Crippen LogP contribution in [-0.2, 0) is 9.59 Å². The molecule has 0 saturated carbocycles. The van der Waals surface area contributed by atoms with Crippen molar-refractivity contribution in [1.82, 2.24) is 0 Å². The summed E-state index contributed by atoms with van der Waals surface area (Å²) in [5, 5.41) is 16.5. The number of halogens is 10. The molecule has 0 aliphatic rings. The summed E-state index contributed by atoms with van der Waals surface area (Å²) in [5.41, 5.74) is 1.12. The molecule has 15 heteroatoms. The highest BCUT2D eigenvalue weighted by Gasteiger charge is 2.28. The Hall–Kier alpha value is -5.96. The summed E-state index contributed by atoms with van der Waals surface area (Å²) in [6.45, 7) is 0. The summed E-state index contributed by atoms with van der Waals surface area (Å²) in [6.07, 6.45) is 0. The van der Waals surface area contributed by atoms with Crippen molar-refractivity contribution in [2.24, 2.45) is 0 Å². The van der Waals surface area contributed by atoms with Crippen molar-refractivity contribution in [1.29, 1.82) is 0 Å². The highest BCUT2D eigenvalue weighted by Crippen LogP contribution is 2.29. The quantitative estimate of drug-likeness (QED) is 0.0615. The molecule has 0 fully saturated rings. The van der Waals surface area contributed by atoms with Gasteiger partial charge >= 0.3 is 11.9 Å². The molecule has 0 spiro atoms. The van der Waals surface area contributed by atoms with E-state index in [4.69, 9.17) is 10.2 Å². The molecule has 0 heterocycles. The molecule has 5 nitrogen and oxygen atoms in total. The van der Waals surface area contributed by atoms with Crippen LogP contribution >= 0.6 is 0 Å². The monoisotopic (exact) mass is 642 g/mol. The molecule has 2 N–H and O–H groups in total. The van der Waals surface area contributed by atoms with Crippen molar-refractivity contribution in [2.75, 3.05) is 0 Å². The zero-order chi connectivity index (χ0) is 33.8. The molecule has 0 amide bonds. The normalized spacial score (nSPS) is 9.56. The van der Waals surface area contributed by atoms with E-state index in [1.807, 2.05) is 30.0 Å². The van der Waals surface area contributed by atoms with Gasteiger partial charge in [-0.05, 0) is 24.3 Å². The lowest BCUT2D eigenvalue weighted by molar-refractivity contribution is -0.130. The smallest absolute Gasteiger partial charge is 0.390 e. The fourth-order valence-electron chi connectivity index (χ4n) is 2.68. The minimum Gasteiger partial charge on any atom is -0.503 e. The fraction of sp³-hybridized carbons (Fsp3) is 0. The molecular formula is C30H12F10O5. The van der Waals surface area contributed by atoms with E-state index in [2.05, 4.69) is 16.6 Å². The van der Waals surface area contributed by atoms with Crippen LogP contribution in [0.3, 0.4) is 0 Å². The number of carbonyl (C=O) groups excluding carboxylic acids is 1. The van der Waals surface area contributed by atoms with Crippen molar-refractivity contribution >= 4 is 11.9 Å². The lowest BCUT2D eigenvalue weighted by Crippen LogP contribution is -2.11. The van der Waals surface area contributed by atoms with Crippen molar-refractivity contribution in [3.8, 4) is 35.2 Å². The average molecular weight is 642 g/mol. The summed E-state index contributed by atoms with van der Waals surface area (Å²) in [4.78, 5) is 21.3. The molecule has 0 saturated heterocycles. The third-order valence-electron chi connectivity index (χ3n) is 4.72. The highest BCUT2D eigenvalue weighted by atomic mass is 19.2. The Balaban J connectivity index is 0.000000259. The van der Waals surface area contributed by atoms with Gasteiger partial charge in [0, 0.05) is 23.0 Å². The van der Waals surface area contributed by atoms with Crippen molar-refractivity contribution in [3.05, 3.63) is 130 Å². The number of rotatable bonds is 1. The van der Waals surface area contributed by atoms with Gasteiger partial charge in [-0.15, -0.1) is 0 Å². The van der Waals surface area contributed by atoms with E-state index in [1.165, 1.54) is 0 Å². The molecule has 0 bridgehead atoms. The molecule has 0 aliphatic heterocycles. The van der Waals surface area contributed by atoms with Gasteiger partial charge in [-0.25, -0.2) is 35.9 Å². The third-order valence-corrected chi connectivity index (χ3v) is 4.72. The predicted molar refractivity (Wildman–Crippen MR) is 134 cm³/mol. The van der Waals surface area contributed by atoms with Crippen LogP contribution in [0.5, 0.6) is 11.5 Å². The zero-order valence-corrected chi connectivity index (χ0v) is 21.7. The van der Waals surface area contributed by atoms with Crippen molar-refractivity contribution < 1.29 is 68.4 Å². The van der Waals surface area contributed by atoms with Gasteiger partial charge in [0.05, 0.1) is 0 Å². The first kappa shape index (κ1) is 35.2. The van der Waals surface area contributed by atoms with Crippen LogP contribution in [0.1, 0.15) is 11.1 Å². The van der Waals surface area contributed by atoms with Gasteiger partial charge in [-0.1, -0.05) is 48.2 Å². The number of phenols is 1. The average Bonchev–Trinajstić information content (AvgIpc) is 3.05. The highest BCUT2D eigenvalue weighted by molar-refractivity contribution is 5.91. The first-order valence-electron chi connectivity index (χ1n) is 11.5. The van der Waals surface area contributed by atoms with Crippen LogP contribution in [0.25, 0.3) is 0 Å². The topological polar surface area (TPSA) is 83.8 Å². The Morgan fingerprint density at radius 3 is 1.22 bits per heavy atom. The van der Waals surface area contributed by atoms with E-state index in [-0.39, 0.29) is 0 Å². The summed E-state index contributed by atoms with van der Waals surface area (Å²) in [6, 6.07) is 17.0. The molecule has 4 rings (SSSR count). The number of aromatic hydroxyl groups is 1. The number of esters is 1. The van der Waals surface area contributed by atoms with E-state index in [1.54, 1.807) is 42.5 Å². The standard InChI is InChI=1S/C15H5F5O2.C9H6O2.C6HF5O/c16-10-11(17)13(19)15(14(20)12(10)18)22-9(21)7-6-8-4-2-1-3-5-8;10-9(11)7-6-8-4-2-1-3-5-8;7-1-2(8)4(10)6(12)5(11)3(1)9/h1-5H;1-5H,(H,10,11);12H. The van der Waals surface area contributed by atoms with Gasteiger partial charge in [0.2, 0.25) is 63.9 Å². The molecule has 45 heavy (non-hydrogen) atoms. The number of ether oxygens (including phenoxy) is 1. The minimum atomic E-state index is -2.34. The zero-order valence-electron chi connectivity index (χ0n) is 21.7. The number of carboxylic acid groups (broad SMARTS) is 1. The van der Waals surface area contributed by atoms with Crippen LogP contribution in [0.4, 0.5) is 43.9 Å². The van der Waals surface area contributed by atoms with Crippen LogP contribution in [-0.4, -0.2) is 22.2 Å². The lowest BCUT2D eigenvalue weighted by Gasteiger charge is -2.06. The van der Waals surface area contributed by atoms with Crippen molar-refractivity contribution in [2.45, 2.75) is 0 Å². The first-order valence-corrected chi connectivity index (χ1v) is 11.5. The number of hydrogen-bond acceptors (Lipinski definition) is 4. The molecule has 0 unspecified atom stereocenters. The number of hydrogen-bond donors (Lipinski definition) is 2. The van der Waals surface area contributed by atoms with Gasteiger partial charge in [0.25, 0.3) is 0 Å².